The highest BCUT2D eigenvalue weighted by molar-refractivity contribution is 5.82. The van der Waals surface area contributed by atoms with Crippen LogP contribution in [0, 0.1) is 5.41 Å². The molecule has 0 unspecified atom stereocenters. The Morgan fingerprint density at radius 2 is 2.07 bits per heavy atom. The number of unbranched alkanes of at least 4 members (excludes halogenated alkanes) is 1. The van der Waals surface area contributed by atoms with Gasteiger partial charge in [-0.3, -0.25) is 0 Å². The normalized spacial score (nSPS) is 14.4. The molecule has 0 amide bonds. The van der Waals surface area contributed by atoms with E-state index in [9.17, 15) is 0 Å². The maximum Gasteiger partial charge on any atom is 0.0362 e. The Labute approximate surface area is 86.7 Å². The molecule has 0 heterocycles. The molecule has 0 saturated carbocycles. The molecule has 14 heavy (non-hydrogen) atoms. The highest BCUT2D eigenvalue weighted by Gasteiger charge is 1.96. The third kappa shape index (κ3) is 4.65. The van der Waals surface area contributed by atoms with Crippen LogP contribution in [-0.2, 0) is 0 Å². The number of hydrogen-bond donors (Lipinski definition) is 2. The van der Waals surface area contributed by atoms with E-state index in [0.29, 0.717) is 5.70 Å². The Kier molecular flexibility index (Phi) is 6.46. The van der Waals surface area contributed by atoms with E-state index in [-0.39, 0.29) is 0 Å². The summed E-state index contributed by atoms with van der Waals surface area (Å²) < 4.78 is 0. The Morgan fingerprint density at radius 3 is 2.50 bits per heavy atom. The van der Waals surface area contributed by atoms with E-state index in [1.807, 2.05) is 32.1 Å². The number of nitrogens with two attached hydrogens (primary N) is 1. The summed E-state index contributed by atoms with van der Waals surface area (Å²) in [4.78, 5) is 0. The quantitative estimate of drug-likeness (QED) is 0.510. The second kappa shape index (κ2) is 7.13. The third-order valence-electron chi connectivity index (χ3n) is 1.98. The lowest BCUT2D eigenvalue weighted by molar-refractivity contribution is 0.949. The van der Waals surface area contributed by atoms with Gasteiger partial charge in [0.05, 0.1) is 0 Å². The minimum Gasteiger partial charge on any atom is -0.398 e. The van der Waals surface area contributed by atoms with Gasteiger partial charge in [-0.1, -0.05) is 31.1 Å². The van der Waals surface area contributed by atoms with Crippen molar-refractivity contribution in [2.75, 3.05) is 0 Å². The van der Waals surface area contributed by atoms with Gasteiger partial charge in [0.25, 0.3) is 0 Å². The van der Waals surface area contributed by atoms with Crippen LogP contribution in [0.1, 0.15) is 33.6 Å². The average molecular weight is 192 g/mol. The van der Waals surface area contributed by atoms with Crippen LogP contribution < -0.4 is 5.73 Å². The van der Waals surface area contributed by atoms with Crippen molar-refractivity contribution in [3.8, 4) is 0 Å². The summed E-state index contributed by atoms with van der Waals surface area (Å²) in [7, 11) is 0. The fraction of sp³-hybridized carbons (Fsp3) is 0.417. The van der Waals surface area contributed by atoms with Crippen molar-refractivity contribution in [2.45, 2.75) is 33.6 Å². The van der Waals surface area contributed by atoms with Crippen molar-refractivity contribution in [3.63, 3.8) is 0 Å². The minimum absolute atomic E-state index is 0.697. The van der Waals surface area contributed by atoms with Crippen LogP contribution in [0.3, 0.4) is 0 Å². The predicted molar refractivity (Wildman–Crippen MR) is 63.5 cm³/mol. The van der Waals surface area contributed by atoms with Crippen molar-refractivity contribution in [1.82, 2.24) is 0 Å². The van der Waals surface area contributed by atoms with Crippen LogP contribution >= 0.6 is 0 Å². The Balaban J connectivity index is 4.72. The molecule has 2 nitrogen and oxygen atoms in total. The molecule has 0 rings (SSSR count). The largest absolute Gasteiger partial charge is 0.398 e. The second-order valence-electron chi connectivity index (χ2n) is 3.22. The summed E-state index contributed by atoms with van der Waals surface area (Å²) in [5.41, 5.74) is 8.44. The second-order valence-corrected chi connectivity index (χ2v) is 3.22. The van der Waals surface area contributed by atoms with Gasteiger partial charge in [-0.2, -0.15) is 0 Å². The van der Waals surface area contributed by atoms with Gasteiger partial charge in [0.1, 0.15) is 0 Å². The number of rotatable bonds is 5. The van der Waals surface area contributed by atoms with Crippen molar-refractivity contribution >= 4 is 6.21 Å². The summed E-state index contributed by atoms with van der Waals surface area (Å²) in [6, 6.07) is 0. The Morgan fingerprint density at radius 1 is 1.43 bits per heavy atom. The molecule has 2 heteroatoms. The van der Waals surface area contributed by atoms with Gasteiger partial charge in [0.2, 0.25) is 0 Å². The first kappa shape index (κ1) is 12.7. The summed E-state index contributed by atoms with van der Waals surface area (Å²) in [6.07, 6.45) is 9.24. The van der Waals surface area contributed by atoms with Gasteiger partial charge < -0.3 is 11.1 Å². The fourth-order valence-corrected chi connectivity index (χ4v) is 0.955. The van der Waals surface area contributed by atoms with Crippen LogP contribution in [0.2, 0.25) is 0 Å². The molecule has 0 radical (unpaired) electrons. The van der Waals surface area contributed by atoms with Crippen molar-refractivity contribution in [3.05, 3.63) is 35.1 Å². The van der Waals surface area contributed by atoms with E-state index in [4.69, 9.17) is 11.1 Å². The molecule has 0 aromatic heterocycles. The Hall–Kier alpha value is -1.31. The van der Waals surface area contributed by atoms with Crippen molar-refractivity contribution in [2.24, 2.45) is 5.73 Å². The van der Waals surface area contributed by atoms with Gasteiger partial charge in [0.15, 0.2) is 0 Å². The van der Waals surface area contributed by atoms with E-state index in [1.165, 1.54) is 6.21 Å². The number of nitrogens with one attached hydrogen (secondary N) is 1. The zero-order valence-electron chi connectivity index (χ0n) is 9.30. The van der Waals surface area contributed by atoms with E-state index >= 15 is 0 Å². The summed E-state index contributed by atoms with van der Waals surface area (Å²) in [5.74, 6) is 0. The lowest BCUT2D eigenvalue weighted by Crippen LogP contribution is -2.02. The molecule has 0 aliphatic rings. The maximum atomic E-state index is 7.25. The van der Waals surface area contributed by atoms with Crippen LogP contribution in [0.4, 0.5) is 0 Å². The molecule has 0 aromatic carbocycles. The number of allylic oxidation sites excluding steroid dienone is 5. The molecule has 0 aliphatic carbocycles. The van der Waals surface area contributed by atoms with Crippen LogP contribution in [0.15, 0.2) is 35.1 Å². The zero-order chi connectivity index (χ0) is 11.0. The first-order valence-electron chi connectivity index (χ1n) is 4.96. The smallest absolute Gasteiger partial charge is 0.0362 e. The van der Waals surface area contributed by atoms with E-state index in [1.54, 1.807) is 0 Å². The van der Waals surface area contributed by atoms with E-state index < -0.39 is 0 Å². The molecule has 0 spiro atoms. The number of hydrogen-bond acceptors (Lipinski definition) is 2. The third-order valence-corrected chi connectivity index (χ3v) is 1.98. The summed E-state index contributed by atoms with van der Waals surface area (Å²) >= 11 is 0. The average Bonchev–Trinajstić information content (AvgIpc) is 2.21. The molecule has 78 valence electrons. The van der Waals surface area contributed by atoms with Gasteiger partial charge in [-0.25, -0.2) is 0 Å². The van der Waals surface area contributed by atoms with Gasteiger partial charge in [0, 0.05) is 17.5 Å². The lowest BCUT2D eigenvalue weighted by Gasteiger charge is -2.01. The topological polar surface area (TPSA) is 49.9 Å². The predicted octanol–water partition coefficient (Wildman–Crippen LogP) is 3.17. The molecule has 0 aromatic rings. The molecule has 0 bridgehead atoms. The summed E-state index contributed by atoms with van der Waals surface area (Å²) in [6.45, 7) is 6.07. The Bertz CT molecular complexity index is 270. The van der Waals surface area contributed by atoms with E-state index in [0.717, 1.165) is 24.0 Å². The SMILES string of the molecule is C\C=C(C)/C=C(C=N)\C(N)=C\CCC. The van der Waals surface area contributed by atoms with Crippen molar-refractivity contribution < 1.29 is 0 Å². The summed E-state index contributed by atoms with van der Waals surface area (Å²) in [5, 5.41) is 7.25. The monoisotopic (exact) mass is 192 g/mol. The maximum absolute atomic E-state index is 7.25. The highest BCUT2D eigenvalue weighted by Crippen LogP contribution is 2.07. The first-order chi connectivity index (χ1) is 6.65. The van der Waals surface area contributed by atoms with Crippen LogP contribution in [0.5, 0.6) is 0 Å². The van der Waals surface area contributed by atoms with E-state index in [2.05, 4.69) is 6.92 Å². The fourth-order valence-electron chi connectivity index (χ4n) is 0.955. The standard InChI is InChI=1S/C12H20N2/c1-4-6-7-12(14)11(9-13)8-10(3)5-2/h5,7-9,13H,4,6,14H2,1-3H3/b10-5-,11-8-,12-7-,13-9?. The molecular formula is C12H20N2. The zero-order valence-corrected chi connectivity index (χ0v) is 9.30. The molecule has 0 atom stereocenters. The van der Waals surface area contributed by atoms with Gasteiger partial charge in [-0.15, -0.1) is 0 Å². The molecule has 0 saturated heterocycles. The lowest BCUT2D eigenvalue weighted by atomic mass is 10.1. The minimum atomic E-state index is 0.697. The molecule has 0 aliphatic heterocycles. The molecule has 3 N–H and O–H groups in total. The molecular weight excluding hydrogens is 172 g/mol. The highest BCUT2D eigenvalue weighted by atomic mass is 14.6. The van der Waals surface area contributed by atoms with Gasteiger partial charge >= 0.3 is 0 Å². The first-order valence-corrected chi connectivity index (χ1v) is 4.96. The van der Waals surface area contributed by atoms with Crippen molar-refractivity contribution in [1.29, 1.82) is 5.41 Å². The van der Waals surface area contributed by atoms with Crippen LogP contribution in [-0.4, -0.2) is 6.21 Å². The van der Waals surface area contributed by atoms with Gasteiger partial charge in [-0.05, 0) is 26.3 Å². The molecule has 0 fully saturated rings. The van der Waals surface area contributed by atoms with Crippen LogP contribution in [0.25, 0.3) is 0 Å².